The third kappa shape index (κ3) is 3.04. The van der Waals surface area contributed by atoms with Gasteiger partial charge in [0.25, 0.3) is 0 Å². The van der Waals surface area contributed by atoms with Gasteiger partial charge in [-0.15, -0.1) is 0 Å². The van der Waals surface area contributed by atoms with Gasteiger partial charge in [0.2, 0.25) is 0 Å². The van der Waals surface area contributed by atoms with Crippen LogP contribution in [0.1, 0.15) is 5.56 Å². The zero-order chi connectivity index (χ0) is 12.1. The van der Waals surface area contributed by atoms with Crippen LogP contribution in [0.4, 0.5) is 0 Å². The molecule has 0 spiro atoms. The average Bonchev–Trinajstić information content (AvgIpc) is 2.38. The number of hydrogen-bond acceptors (Lipinski definition) is 3. The number of cyclic esters (lactones) is 1. The van der Waals surface area contributed by atoms with Crippen molar-refractivity contribution in [1.82, 2.24) is 0 Å². The lowest BCUT2D eigenvalue weighted by atomic mass is 10.1. The van der Waals surface area contributed by atoms with Crippen LogP contribution in [0.25, 0.3) is 0 Å². The Balaban J connectivity index is 1.96. The summed E-state index contributed by atoms with van der Waals surface area (Å²) < 4.78 is 10.8. The number of benzene rings is 1. The number of esters is 1. The molecule has 1 aromatic carbocycles. The summed E-state index contributed by atoms with van der Waals surface area (Å²) in [6, 6.07) is 9.85. The Morgan fingerprint density at radius 3 is 2.82 bits per heavy atom. The molecule has 0 radical (unpaired) electrons. The molecule has 2 rings (SSSR count). The van der Waals surface area contributed by atoms with Crippen LogP contribution < -0.4 is 0 Å². The monoisotopic (exact) mass is 230 g/mol. The van der Waals surface area contributed by atoms with E-state index in [-0.39, 0.29) is 12.1 Å². The van der Waals surface area contributed by atoms with Crippen molar-refractivity contribution < 1.29 is 14.3 Å². The minimum absolute atomic E-state index is 0.259. The Bertz CT molecular complexity index is 422. The summed E-state index contributed by atoms with van der Waals surface area (Å²) in [4.78, 5) is 11.0. The fourth-order valence-electron chi connectivity index (χ4n) is 1.62. The standard InChI is InChI=1S/C14H14O3/c1-2-12-13(8-9-14(15)17-12)16-10-11-6-4-3-5-7-11/h2-9,12-13H,1,10H2/t12-,13-/m1/s1. The molecular formula is C14H14O3. The molecule has 0 aromatic heterocycles. The summed E-state index contributed by atoms with van der Waals surface area (Å²) in [5.41, 5.74) is 1.08. The molecule has 1 aliphatic rings. The smallest absolute Gasteiger partial charge is 0.331 e. The van der Waals surface area contributed by atoms with E-state index in [0.29, 0.717) is 6.61 Å². The number of ether oxygens (including phenoxy) is 2. The zero-order valence-corrected chi connectivity index (χ0v) is 9.41. The molecule has 3 heteroatoms. The number of hydrogen-bond donors (Lipinski definition) is 0. The zero-order valence-electron chi connectivity index (χ0n) is 9.41. The number of carbonyl (C=O) groups excluding carboxylic acids is 1. The summed E-state index contributed by atoms with van der Waals surface area (Å²) in [6.45, 7) is 4.12. The van der Waals surface area contributed by atoms with Gasteiger partial charge < -0.3 is 9.47 Å². The molecule has 1 aliphatic heterocycles. The molecule has 0 fully saturated rings. The summed E-state index contributed by atoms with van der Waals surface area (Å²) in [6.07, 6.45) is 4.01. The first-order valence-electron chi connectivity index (χ1n) is 5.46. The largest absolute Gasteiger partial charge is 0.452 e. The maximum Gasteiger partial charge on any atom is 0.331 e. The molecule has 0 saturated heterocycles. The van der Waals surface area contributed by atoms with Gasteiger partial charge in [0.15, 0.2) is 0 Å². The average molecular weight is 230 g/mol. The van der Waals surface area contributed by atoms with Crippen molar-refractivity contribution in [3.63, 3.8) is 0 Å². The van der Waals surface area contributed by atoms with E-state index in [4.69, 9.17) is 9.47 Å². The Hall–Kier alpha value is -1.87. The summed E-state index contributed by atoms with van der Waals surface area (Å²) in [5, 5.41) is 0. The predicted octanol–water partition coefficient (Wildman–Crippen LogP) is 2.24. The molecule has 0 aliphatic carbocycles. The highest BCUT2D eigenvalue weighted by molar-refractivity contribution is 5.83. The van der Waals surface area contributed by atoms with Crippen molar-refractivity contribution in [3.05, 3.63) is 60.7 Å². The molecule has 2 atom stereocenters. The summed E-state index contributed by atoms with van der Waals surface area (Å²) in [7, 11) is 0. The molecule has 1 aromatic rings. The van der Waals surface area contributed by atoms with E-state index in [2.05, 4.69) is 6.58 Å². The van der Waals surface area contributed by atoms with Crippen LogP contribution in [0, 0.1) is 0 Å². The van der Waals surface area contributed by atoms with Crippen LogP contribution in [0.5, 0.6) is 0 Å². The van der Waals surface area contributed by atoms with Crippen LogP contribution in [0.2, 0.25) is 0 Å². The van der Waals surface area contributed by atoms with Gasteiger partial charge in [0, 0.05) is 6.08 Å². The van der Waals surface area contributed by atoms with Gasteiger partial charge in [-0.2, -0.15) is 0 Å². The van der Waals surface area contributed by atoms with E-state index in [1.165, 1.54) is 6.08 Å². The molecule has 0 saturated carbocycles. The Labute approximate surface area is 100 Å². The topological polar surface area (TPSA) is 35.5 Å². The van der Waals surface area contributed by atoms with Crippen LogP contribution in [-0.2, 0) is 20.9 Å². The molecule has 3 nitrogen and oxygen atoms in total. The van der Waals surface area contributed by atoms with Gasteiger partial charge in [-0.1, -0.05) is 36.9 Å². The van der Waals surface area contributed by atoms with E-state index in [1.807, 2.05) is 30.3 Å². The predicted molar refractivity (Wildman–Crippen MR) is 64.2 cm³/mol. The summed E-state index contributed by atoms with van der Waals surface area (Å²) in [5.74, 6) is -0.352. The maximum absolute atomic E-state index is 11.0. The first kappa shape index (κ1) is 11.6. The Morgan fingerprint density at radius 2 is 2.12 bits per heavy atom. The Morgan fingerprint density at radius 1 is 1.35 bits per heavy atom. The molecule has 0 amide bonds. The number of carbonyl (C=O) groups is 1. The van der Waals surface area contributed by atoms with Crippen molar-refractivity contribution in [2.45, 2.75) is 18.8 Å². The molecular weight excluding hydrogens is 216 g/mol. The van der Waals surface area contributed by atoms with Crippen LogP contribution >= 0.6 is 0 Å². The van der Waals surface area contributed by atoms with Crippen LogP contribution in [0.3, 0.4) is 0 Å². The SMILES string of the molecule is C=C[C@H]1OC(=O)C=C[C@H]1OCc1ccccc1. The minimum atomic E-state index is -0.406. The first-order valence-corrected chi connectivity index (χ1v) is 5.46. The molecule has 1 heterocycles. The van der Waals surface area contributed by atoms with Crippen molar-refractivity contribution in [3.8, 4) is 0 Å². The maximum atomic E-state index is 11.0. The van der Waals surface area contributed by atoms with Gasteiger partial charge in [-0.25, -0.2) is 4.79 Å². The quantitative estimate of drug-likeness (QED) is 0.588. The molecule has 0 N–H and O–H groups in total. The van der Waals surface area contributed by atoms with Crippen molar-refractivity contribution in [1.29, 1.82) is 0 Å². The van der Waals surface area contributed by atoms with Gasteiger partial charge >= 0.3 is 5.97 Å². The molecule has 17 heavy (non-hydrogen) atoms. The van der Waals surface area contributed by atoms with E-state index in [0.717, 1.165) is 5.56 Å². The molecule has 0 unspecified atom stereocenters. The summed E-state index contributed by atoms with van der Waals surface area (Å²) >= 11 is 0. The van der Waals surface area contributed by atoms with E-state index in [9.17, 15) is 4.79 Å². The van der Waals surface area contributed by atoms with Crippen LogP contribution in [0.15, 0.2) is 55.1 Å². The van der Waals surface area contributed by atoms with Gasteiger partial charge in [0.05, 0.1) is 6.61 Å². The lowest BCUT2D eigenvalue weighted by Gasteiger charge is -2.24. The third-order valence-corrected chi connectivity index (χ3v) is 2.52. The fourth-order valence-corrected chi connectivity index (χ4v) is 1.62. The molecule has 0 bridgehead atoms. The van der Waals surface area contributed by atoms with Crippen molar-refractivity contribution in [2.24, 2.45) is 0 Å². The van der Waals surface area contributed by atoms with E-state index >= 15 is 0 Å². The van der Waals surface area contributed by atoms with E-state index in [1.54, 1.807) is 12.2 Å². The number of rotatable bonds is 4. The Kier molecular flexibility index (Phi) is 3.73. The fraction of sp³-hybridized carbons (Fsp3) is 0.214. The van der Waals surface area contributed by atoms with Crippen molar-refractivity contribution in [2.75, 3.05) is 0 Å². The lowest BCUT2D eigenvalue weighted by molar-refractivity contribution is -0.148. The highest BCUT2D eigenvalue weighted by atomic mass is 16.6. The normalized spacial score (nSPS) is 23.2. The molecule has 88 valence electrons. The lowest BCUT2D eigenvalue weighted by Crippen LogP contribution is -2.33. The second kappa shape index (κ2) is 5.46. The second-order valence-corrected chi connectivity index (χ2v) is 3.76. The van der Waals surface area contributed by atoms with Gasteiger partial charge in [0.1, 0.15) is 12.2 Å². The van der Waals surface area contributed by atoms with Crippen LogP contribution in [-0.4, -0.2) is 18.2 Å². The third-order valence-electron chi connectivity index (χ3n) is 2.52. The van der Waals surface area contributed by atoms with E-state index < -0.39 is 6.10 Å². The first-order chi connectivity index (χ1) is 8.29. The highest BCUT2D eigenvalue weighted by Crippen LogP contribution is 2.15. The van der Waals surface area contributed by atoms with Crippen molar-refractivity contribution >= 4 is 5.97 Å². The second-order valence-electron chi connectivity index (χ2n) is 3.76. The van der Waals surface area contributed by atoms with Gasteiger partial charge in [-0.3, -0.25) is 0 Å². The van der Waals surface area contributed by atoms with Gasteiger partial charge in [-0.05, 0) is 17.7 Å². The highest BCUT2D eigenvalue weighted by Gasteiger charge is 2.24. The minimum Gasteiger partial charge on any atom is -0.452 e.